The molecule has 5 nitrogen and oxygen atoms in total. The third-order valence-electron chi connectivity index (χ3n) is 3.00. The summed E-state index contributed by atoms with van der Waals surface area (Å²) in [6.07, 6.45) is 1.71. The Morgan fingerprint density at radius 2 is 2.26 bits per heavy atom. The molecule has 1 atom stereocenters. The maximum atomic E-state index is 12.3. The molecule has 2 rings (SSSR count). The maximum absolute atomic E-state index is 12.3. The number of nitrogens with zero attached hydrogens (tertiary/aromatic N) is 1. The normalized spacial score (nSPS) is 19.9. The molecule has 7 heteroatoms. The van der Waals surface area contributed by atoms with Crippen molar-refractivity contribution in [1.29, 1.82) is 5.26 Å². The highest BCUT2D eigenvalue weighted by atomic mass is 35.5. The first kappa shape index (κ1) is 14.3. The zero-order valence-electron chi connectivity index (χ0n) is 10.2. The fourth-order valence-corrected chi connectivity index (χ4v) is 3.79. The fraction of sp³-hybridized carbons (Fsp3) is 0.417. The van der Waals surface area contributed by atoms with Crippen LogP contribution in [0.5, 0.6) is 0 Å². The molecule has 0 bridgehead atoms. The van der Waals surface area contributed by atoms with Gasteiger partial charge >= 0.3 is 0 Å². The second-order valence-electron chi connectivity index (χ2n) is 4.39. The molecule has 0 radical (unpaired) electrons. The monoisotopic (exact) mass is 299 g/mol. The van der Waals surface area contributed by atoms with Crippen LogP contribution < -0.4 is 10.0 Å². The molecule has 102 valence electrons. The van der Waals surface area contributed by atoms with Gasteiger partial charge in [-0.1, -0.05) is 17.7 Å². The summed E-state index contributed by atoms with van der Waals surface area (Å²) in [7, 11) is -3.72. The second kappa shape index (κ2) is 5.88. The van der Waals surface area contributed by atoms with E-state index in [4.69, 9.17) is 16.9 Å². The summed E-state index contributed by atoms with van der Waals surface area (Å²) >= 11 is 5.85. The topological polar surface area (TPSA) is 82.0 Å². The van der Waals surface area contributed by atoms with Gasteiger partial charge in [0.15, 0.2) is 0 Å². The maximum Gasteiger partial charge on any atom is 0.242 e. The number of piperidine rings is 1. The SMILES string of the molecule is N#Cc1c(Cl)cccc1S(=O)(=O)NC1CCCNC1. The van der Waals surface area contributed by atoms with Crippen molar-refractivity contribution < 1.29 is 8.42 Å². The Labute approximate surface area is 117 Å². The Bertz CT molecular complexity index is 604. The molecule has 0 amide bonds. The number of nitriles is 1. The van der Waals surface area contributed by atoms with E-state index in [0.717, 1.165) is 19.4 Å². The average Bonchev–Trinajstić information content (AvgIpc) is 2.39. The molecule has 1 unspecified atom stereocenters. The Kier molecular flexibility index (Phi) is 4.42. The van der Waals surface area contributed by atoms with Gasteiger partial charge in [-0.15, -0.1) is 0 Å². The van der Waals surface area contributed by atoms with Crippen molar-refractivity contribution in [2.45, 2.75) is 23.8 Å². The molecule has 1 heterocycles. The Balaban J connectivity index is 2.29. The Morgan fingerprint density at radius 1 is 1.47 bits per heavy atom. The van der Waals surface area contributed by atoms with E-state index in [1.54, 1.807) is 0 Å². The zero-order valence-corrected chi connectivity index (χ0v) is 11.8. The van der Waals surface area contributed by atoms with Crippen LogP contribution in [0.1, 0.15) is 18.4 Å². The van der Waals surface area contributed by atoms with Gasteiger partial charge in [0, 0.05) is 12.6 Å². The van der Waals surface area contributed by atoms with Crippen molar-refractivity contribution in [2.24, 2.45) is 0 Å². The standard InChI is InChI=1S/C12H14ClN3O2S/c13-11-4-1-5-12(10(11)7-14)19(17,18)16-9-3-2-6-15-8-9/h1,4-5,9,15-16H,2-3,6,8H2. The van der Waals surface area contributed by atoms with Crippen molar-refractivity contribution in [1.82, 2.24) is 10.0 Å². The van der Waals surface area contributed by atoms with Crippen molar-refractivity contribution in [2.75, 3.05) is 13.1 Å². The van der Waals surface area contributed by atoms with E-state index < -0.39 is 10.0 Å². The number of nitrogens with one attached hydrogen (secondary N) is 2. The van der Waals surface area contributed by atoms with Gasteiger partial charge in [-0.2, -0.15) is 5.26 Å². The molecule has 0 spiro atoms. The predicted octanol–water partition coefficient (Wildman–Crippen LogP) is 1.24. The molecule has 19 heavy (non-hydrogen) atoms. The largest absolute Gasteiger partial charge is 0.315 e. The summed E-state index contributed by atoms with van der Waals surface area (Å²) in [5, 5.41) is 12.3. The molecule has 2 N–H and O–H groups in total. The molecule has 0 aromatic heterocycles. The number of benzene rings is 1. The van der Waals surface area contributed by atoms with E-state index in [1.807, 2.05) is 6.07 Å². The first-order chi connectivity index (χ1) is 9.04. The van der Waals surface area contributed by atoms with Crippen LogP contribution in [-0.2, 0) is 10.0 Å². The molecule has 1 aromatic carbocycles. The summed E-state index contributed by atoms with van der Waals surface area (Å²) in [6, 6.07) is 6.11. The van der Waals surface area contributed by atoms with Crippen LogP contribution >= 0.6 is 11.6 Å². The van der Waals surface area contributed by atoms with E-state index >= 15 is 0 Å². The highest BCUT2D eigenvalue weighted by Crippen LogP contribution is 2.23. The molecular formula is C12H14ClN3O2S. The molecule has 1 aromatic rings. The van der Waals surface area contributed by atoms with Crippen LogP contribution in [0.2, 0.25) is 5.02 Å². The summed E-state index contributed by atoms with van der Waals surface area (Å²) in [6.45, 7) is 1.50. The first-order valence-electron chi connectivity index (χ1n) is 5.96. The summed E-state index contributed by atoms with van der Waals surface area (Å²) < 4.78 is 27.2. The van der Waals surface area contributed by atoms with Gasteiger partial charge in [0.1, 0.15) is 11.0 Å². The molecule has 1 aliphatic heterocycles. The number of sulfonamides is 1. The number of halogens is 1. The van der Waals surface area contributed by atoms with Crippen molar-refractivity contribution >= 4 is 21.6 Å². The quantitative estimate of drug-likeness (QED) is 0.880. The lowest BCUT2D eigenvalue weighted by molar-refractivity contribution is 0.428. The van der Waals surface area contributed by atoms with Crippen LogP contribution in [0, 0.1) is 11.3 Å². The van der Waals surface area contributed by atoms with E-state index in [1.165, 1.54) is 18.2 Å². The second-order valence-corrected chi connectivity index (χ2v) is 6.48. The third kappa shape index (κ3) is 3.25. The highest BCUT2D eigenvalue weighted by Gasteiger charge is 2.24. The smallest absolute Gasteiger partial charge is 0.242 e. The van der Waals surface area contributed by atoms with Crippen LogP contribution in [0.15, 0.2) is 23.1 Å². The van der Waals surface area contributed by atoms with Crippen LogP contribution in [0.25, 0.3) is 0 Å². The Morgan fingerprint density at radius 3 is 2.89 bits per heavy atom. The van der Waals surface area contributed by atoms with Gasteiger partial charge < -0.3 is 5.32 Å². The van der Waals surface area contributed by atoms with Crippen LogP contribution in [0.4, 0.5) is 0 Å². The number of hydrogen-bond acceptors (Lipinski definition) is 4. The molecule has 1 aliphatic rings. The third-order valence-corrected chi connectivity index (χ3v) is 4.87. The summed E-state index contributed by atoms with van der Waals surface area (Å²) in [4.78, 5) is -0.0620. The lowest BCUT2D eigenvalue weighted by Crippen LogP contribution is -2.45. The van der Waals surface area contributed by atoms with Gasteiger partial charge in [-0.3, -0.25) is 0 Å². The Hall–Kier alpha value is -1.13. The minimum atomic E-state index is -3.72. The fourth-order valence-electron chi connectivity index (χ4n) is 2.07. The van der Waals surface area contributed by atoms with Crippen molar-refractivity contribution in [3.8, 4) is 6.07 Å². The zero-order chi connectivity index (χ0) is 13.9. The number of hydrogen-bond donors (Lipinski definition) is 2. The van der Waals surface area contributed by atoms with Gasteiger partial charge in [-0.05, 0) is 31.5 Å². The first-order valence-corrected chi connectivity index (χ1v) is 7.82. The van der Waals surface area contributed by atoms with E-state index in [-0.39, 0.29) is 21.5 Å². The molecule has 0 aliphatic carbocycles. The lowest BCUT2D eigenvalue weighted by atomic mass is 10.1. The van der Waals surface area contributed by atoms with Gasteiger partial charge in [0.25, 0.3) is 0 Å². The lowest BCUT2D eigenvalue weighted by Gasteiger charge is -2.23. The summed E-state index contributed by atoms with van der Waals surface area (Å²) in [5.74, 6) is 0. The van der Waals surface area contributed by atoms with E-state index in [9.17, 15) is 8.42 Å². The van der Waals surface area contributed by atoms with Crippen molar-refractivity contribution in [3.63, 3.8) is 0 Å². The highest BCUT2D eigenvalue weighted by molar-refractivity contribution is 7.89. The van der Waals surface area contributed by atoms with Gasteiger partial charge in [0.2, 0.25) is 10.0 Å². The van der Waals surface area contributed by atoms with Gasteiger partial charge in [-0.25, -0.2) is 13.1 Å². The van der Waals surface area contributed by atoms with Crippen LogP contribution in [0.3, 0.4) is 0 Å². The van der Waals surface area contributed by atoms with E-state index in [2.05, 4.69) is 10.0 Å². The van der Waals surface area contributed by atoms with Crippen molar-refractivity contribution in [3.05, 3.63) is 28.8 Å². The molecule has 1 fully saturated rings. The molecule has 1 saturated heterocycles. The van der Waals surface area contributed by atoms with Crippen LogP contribution in [-0.4, -0.2) is 27.5 Å². The number of rotatable bonds is 3. The minimum absolute atomic E-state index is 0.0135. The summed E-state index contributed by atoms with van der Waals surface area (Å²) in [5.41, 5.74) is -0.0135. The van der Waals surface area contributed by atoms with Gasteiger partial charge in [0.05, 0.1) is 10.6 Å². The van der Waals surface area contributed by atoms with E-state index in [0.29, 0.717) is 6.54 Å². The molecule has 0 saturated carbocycles. The molecular weight excluding hydrogens is 286 g/mol. The minimum Gasteiger partial charge on any atom is -0.315 e. The average molecular weight is 300 g/mol. The predicted molar refractivity (Wildman–Crippen MR) is 72.4 cm³/mol.